The van der Waals surface area contributed by atoms with Gasteiger partial charge in [-0.05, 0) is 55.8 Å². The van der Waals surface area contributed by atoms with Gasteiger partial charge in [0.15, 0.2) is 0 Å². The van der Waals surface area contributed by atoms with Crippen molar-refractivity contribution in [1.82, 2.24) is 0 Å². The van der Waals surface area contributed by atoms with Gasteiger partial charge in [-0.2, -0.15) is 0 Å². The van der Waals surface area contributed by atoms with Crippen LogP contribution < -0.4 is 10.0 Å². The van der Waals surface area contributed by atoms with Crippen LogP contribution in [0.2, 0.25) is 0 Å². The highest BCUT2D eigenvalue weighted by Crippen LogP contribution is 2.22. The van der Waals surface area contributed by atoms with Crippen molar-refractivity contribution in [2.24, 2.45) is 0 Å². The van der Waals surface area contributed by atoms with Gasteiger partial charge in [-0.15, -0.1) is 0 Å². The number of anilines is 2. The standard InChI is InChI=1S/C23H22N2O5S/c1-3-30-23(27)19-11-7-8-12-20(19)24-22(26)17-14-13-16(2)21(15-17)31(28,29)25-18-9-5-4-6-10-18/h4-15,25H,3H2,1-2H3,(H,24,26). The van der Waals surface area contributed by atoms with E-state index < -0.39 is 21.9 Å². The van der Waals surface area contributed by atoms with Crippen molar-refractivity contribution in [3.05, 3.63) is 89.5 Å². The van der Waals surface area contributed by atoms with Crippen LogP contribution in [0.25, 0.3) is 0 Å². The van der Waals surface area contributed by atoms with Crippen LogP contribution in [0.15, 0.2) is 77.7 Å². The van der Waals surface area contributed by atoms with Crippen LogP contribution in [0.5, 0.6) is 0 Å². The molecule has 3 aromatic carbocycles. The summed E-state index contributed by atoms with van der Waals surface area (Å²) in [5.74, 6) is -1.11. The van der Waals surface area contributed by atoms with Crippen molar-refractivity contribution in [1.29, 1.82) is 0 Å². The summed E-state index contributed by atoms with van der Waals surface area (Å²) in [5.41, 5.74) is 1.53. The van der Waals surface area contributed by atoms with E-state index in [-0.39, 0.29) is 28.3 Å². The Morgan fingerprint density at radius 1 is 0.935 bits per heavy atom. The molecule has 0 spiro atoms. The Kier molecular flexibility index (Phi) is 6.71. The largest absolute Gasteiger partial charge is 0.462 e. The average Bonchev–Trinajstić information content (AvgIpc) is 2.74. The minimum absolute atomic E-state index is 0.0114. The zero-order chi connectivity index (χ0) is 22.4. The molecule has 0 bridgehead atoms. The zero-order valence-electron chi connectivity index (χ0n) is 17.1. The number of hydrogen-bond donors (Lipinski definition) is 2. The van der Waals surface area contributed by atoms with Gasteiger partial charge < -0.3 is 10.1 Å². The van der Waals surface area contributed by atoms with Crippen molar-refractivity contribution >= 4 is 33.3 Å². The fourth-order valence-electron chi connectivity index (χ4n) is 2.92. The number of ether oxygens (including phenoxy) is 1. The molecule has 3 aromatic rings. The fourth-order valence-corrected chi connectivity index (χ4v) is 4.25. The van der Waals surface area contributed by atoms with Gasteiger partial charge in [-0.3, -0.25) is 9.52 Å². The Bertz CT molecular complexity index is 1210. The lowest BCUT2D eigenvalue weighted by Gasteiger charge is -2.13. The molecule has 0 heterocycles. The Morgan fingerprint density at radius 3 is 2.32 bits per heavy atom. The fraction of sp³-hybridized carbons (Fsp3) is 0.130. The third kappa shape index (κ3) is 5.29. The zero-order valence-corrected chi connectivity index (χ0v) is 17.9. The molecule has 0 aliphatic heterocycles. The lowest BCUT2D eigenvalue weighted by atomic mass is 10.1. The molecule has 0 saturated heterocycles. The van der Waals surface area contributed by atoms with Gasteiger partial charge in [0, 0.05) is 11.3 Å². The van der Waals surface area contributed by atoms with E-state index >= 15 is 0 Å². The van der Waals surface area contributed by atoms with Crippen LogP contribution in [-0.4, -0.2) is 26.9 Å². The molecular weight excluding hydrogens is 416 g/mol. The highest BCUT2D eigenvalue weighted by Gasteiger charge is 2.20. The first-order valence-corrected chi connectivity index (χ1v) is 11.1. The number of hydrogen-bond acceptors (Lipinski definition) is 5. The third-order valence-corrected chi connectivity index (χ3v) is 5.96. The first-order valence-electron chi connectivity index (χ1n) is 9.58. The van der Waals surface area contributed by atoms with Crippen molar-refractivity contribution in [3.63, 3.8) is 0 Å². The van der Waals surface area contributed by atoms with Crippen LogP contribution >= 0.6 is 0 Å². The number of carbonyl (C=O) groups excluding carboxylic acids is 2. The Hall–Kier alpha value is -3.65. The number of carbonyl (C=O) groups is 2. The molecule has 0 fully saturated rings. The minimum atomic E-state index is -3.91. The molecule has 1 amide bonds. The molecule has 0 aromatic heterocycles. The lowest BCUT2D eigenvalue weighted by Crippen LogP contribution is -2.18. The molecule has 0 atom stereocenters. The normalized spacial score (nSPS) is 10.9. The summed E-state index contributed by atoms with van der Waals surface area (Å²) in [7, 11) is -3.91. The van der Waals surface area contributed by atoms with Crippen LogP contribution in [0, 0.1) is 6.92 Å². The number of para-hydroxylation sites is 2. The van der Waals surface area contributed by atoms with Crippen LogP contribution in [0.4, 0.5) is 11.4 Å². The van der Waals surface area contributed by atoms with Gasteiger partial charge in [0.05, 0.1) is 22.8 Å². The van der Waals surface area contributed by atoms with Crippen molar-refractivity contribution in [2.45, 2.75) is 18.7 Å². The SMILES string of the molecule is CCOC(=O)c1ccccc1NC(=O)c1ccc(C)c(S(=O)(=O)Nc2ccccc2)c1. The highest BCUT2D eigenvalue weighted by molar-refractivity contribution is 7.92. The molecular formula is C23H22N2O5S. The average molecular weight is 439 g/mol. The number of sulfonamides is 1. The Labute approximate surface area is 181 Å². The molecule has 31 heavy (non-hydrogen) atoms. The van der Waals surface area contributed by atoms with E-state index in [0.717, 1.165) is 0 Å². The van der Waals surface area contributed by atoms with Crippen LogP contribution in [0.1, 0.15) is 33.2 Å². The highest BCUT2D eigenvalue weighted by atomic mass is 32.2. The first kappa shape index (κ1) is 22.0. The Morgan fingerprint density at radius 2 is 1.61 bits per heavy atom. The molecule has 0 saturated carbocycles. The van der Waals surface area contributed by atoms with Crippen molar-refractivity contribution < 1.29 is 22.7 Å². The number of benzene rings is 3. The van der Waals surface area contributed by atoms with E-state index in [1.807, 2.05) is 0 Å². The minimum Gasteiger partial charge on any atom is -0.462 e. The maximum Gasteiger partial charge on any atom is 0.340 e. The summed E-state index contributed by atoms with van der Waals surface area (Å²) < 4.78 is 33.3. The maximum atomic E-state index is 12.9. The van der Waals surface area contributed by atoms with Crippen molar-refractivity contribution in [3.8, 4) is 0 Å². The van der Waals surface area contributed by atoms with Gasteiger partial charge in [0.25, 0.3) is 15.9 Å². The molecule has 0 aliphatic carbocycles. The molecule has 7 nitrogen and oxygen atoms in total. The second-order valence-corrected chi connectivity index (χ2v) is 8.32. The van der Waals surface area contributed by atoms with Crippen LogP contribution in [0.3, 0.4) is 0 Å². The molecule has 8 heteroatoms. The van der Waals surface area contributed by atoms with E-state index in [2.05, 4.69) is 10.0 Å². The topological polar surface area (TPSA) is 102 Å². The third-order valence-electron chi connectivity index (χ3n) is 4.44. The molecule has 3 rings (SSSR count). The summed E-state index contributed by atoms with van der Waals surface area (Å²) in [6.45, 7) is 3.54. The molecule has 160 valence electrons. The lowest BCUT2D eigenvalue weighted by molar-refractivity contribution is 0.0527. The van der Waals surface area contributed by atoms with Gasteiger partial charge in [0.1, 0.15) is 0 Å². The van der Waals surface area contributed by atoms with Gasteiger partial charge in [0.2, 0.25) is 0 Å². The summed E-state index contributed by atoms with van der Waals surface area (Å²) in [5, 5.41) is 2.66. The monoisotopic (exact) mass is 438 g/mol. The predicted octanol–water partition coefficient (Wildman–Crippen LogP) is 4.22. The number of esters is 1. The molecule has 0 unspecified atom stereocenters. The maximum absolute atomic E-state index is 12.9. The quantitative estimate of drug-likeness (QED) is 0.538. The van der Waals surface area contributed by atoms with Gasteiger partial charge >= 0.3 is 5.97 Å². The predicted molar refractivity (Wildman–Crippen MR) is 119 cm³/mol. The summed E-state index contributed by atoms with van der Waals surface area (Å²) in [6, 6.07) is 19.3. The summed E-state index contributed by atoms with van der Waals surface area (Å²) in [6.07, 6.45) is 0. The molecule has 0 radical (unpaired) electrons. The van der Waals surface area contributed by atoms with E-state index in [9.17, 15) is 18.0 Å². The number of rotatable bonds is 7. The van der Waals surface area contributed by atoms with Gasteiger partial charge in [-0.25, -0.2) is 13.2 Å². The summed E-state index contributed by atoms with van der Waals surface area (Å²) >= 11 is 0. The van der Waals surface area contributed by atoms with Crippen LogP contribution in [-0.2, 0) is 14.8 Å². The van der Waals surface area contributed by atoms with E-state index in [1.165, 1.54) is 12.1 Å². The van der Waals surface area contributed by atoms with Gasteiger partial charge in [-0.1, -0.05) is 36.4 Å². The number of amides is 1. The second kappa shape index (κ2) is 9.44. The second-order valence-electron chi connectivity index (χ2n) is 6.67. The first-order chi connectivity index (χ1) is 14.8. The smallest absolute Gasteiger partial charge is 0.340 e. The van der Waals surface area contributed by atoms with E-state index in [4.69, 9.17) is 4.74 Å². The van der Waals surface area contributed by atoms with E-state index in [1.54, 1.807) is 74.5 Å². The summed E-state index contributed by atoms with van der Waals surface area (Å²) in [4.78, 5) is 24.9. The Balaban J connectivity index is 1.88. The molecule has 0 aliphatic rings. The number of aryl methyl sites for hydroxylation is 1. The van der Waals surface area contributed by atoms with E-state index in [0.29, 0.717) is 11.3 Å². The van der Waals surface area contributed by atoms with Crippen molar-refractivity contribution in [2.75, 3.05) is 16.6 Å². The number of nitrogens with one attached hydrogen (secondary N) is 2. The molecule has 2 N–H and O–H groups in total.